The molecule has 98 valence electrons. The second-order valence-corrected chi connectivity index (χ2v) is 5.99. The molecule has 0 N–H and O–H groups in total. The van der Waals surface area contributed by atoms with E-state index in [1.165, 1.54) is 11.3 Å². The highest BCUT2D eigenvalue weighted by atomic mass is 35.5. The third kappa shape index (κ3) is 2.20. The predicted octanol–water partition coefficient (Wildman–Crippen LogP) is 3.68. The maximum absolute atomic E-state index is 6.09. The van der Waals surface area contributed by atoms with Crippen LogP contribution in [0.25, 0.3) is 15.5 Å². The van der Waals surface area contributed by atoms with E-state index < -0.39 is 0 Å². The molecule has 0 amide bonds. The van der Waals surface area contributed by atoms with Gasteiger partial charge in [-0.05, 0) is 12.1 Å². The van der Waals surface area contributed by atoms with E-state index in [4.69, 9.17) is 23.2 Å². The molecule has 3 heterocycles. The lowest BCUT2D eigenvalue weighted by molar-refractivity contribution is 0.727. The molecule has 0 spiro atoms. The molecule has 0 fully saturated rings. The molecule has 3 aromatic rings. The molecule has 0 saturated carbocycles. The molecule has 0 aliphatic heterocycles. The molecule has 3 rings (SSSR count). The number of halogens is 2. The van der Waals surface area contributed by atoms with Gasteiger partial charge in [-0.3, -0.25) is 0 Å². The zero-order chi connectivity index (χ0) is 13.6. The van der Waals surface area contributed by atoms with Gasteiger partial charge in [0.15, 0.2) is 10.8 Å². The summed E-state index contributed by atoms with van der Waals surface area (Å²) < 4.78 is 1.75. The van der Waals surface area contributed by atoms with Crippen molar-refractivity contribution in [3.63, 3.8) is 0 Å². The molecule has 0 atom stereocenters. The normalized spacial score (nSPS) is 11.6. The summed E-state index contributed by atoms with van der Waals surface area (Å²) in [5.41, 5.74) is 0.747. The Hall–Kier alpha value is -1.24. The van der Waals surface area contributed by atoms with Gasteiger partial charge in [-0.15, -0.1) is 10.2 Å². The molecule has 0 bridgehead atoms. The van der Waals surface area contributed by atoms with E-state index in [9.17, 15) is 0 Å². The average molecular weight is 314 g/mol. The van der Waals surface area contributed by atoms with Gasteiger partial charge in [0.2, 0.25) is 4.96 Å². The van der Waals surface area contributed by atoms with Gasteiger partial charge in [0, 0.05) is 11.5 Å². The molecule has 19 heavy (non-hydrogen) atoms. The molecular weight excluding hydrogens is 305 g/mol. The van der Waals surface area contributed by atoms with Gasteiger partial charge in [0.1, 0.15) is 10.3 Å². The van der Waals surface area contributed by atoms with E-state index in [1.54, 1.807) is 16.6 Å². The van der Waals surface area contributed by atoms with Crippen LogP contribution in [0.1, 0.15) is 25.6 Å². The number of hydrogen-bond donors (Lipinski definition) is 0. The smallest absolute Gasteiger partial charge is 0.224 e. The first kappa shape index (κ1) is 12.8. The summed E-state index contributed by atoms with van der Waals surface area (Å²) in [6.45, 7) is 4.10. The third-order valence-electron chi connectivity index (χ3n) is 2.58. The lowest BCUT2D eigenvalue weighted by Gasteiger charge is -2.00. The molecule has 5 nitrogen and oxygen atoms in total. The zero-order valence-electron chi connectivity index (χ0n) is 10.1. The van der Waals surface area contributed by atoms with Gasteiger partial charge in [0.05, 0.1) is 0 Å². The van der Waals surface area contributed by atoms with Gasteiger partial charge in [0.25, 0.3) is 0 Å². The minimum absolute atomic E-state index is 0.253. The Kier molecular flexibility index (Phi) is 3.16. The molecule has 0 unspecified atom stereocenters. The molecule has 8 heteroatoms. The summed E-state index contributed by atoms with van der Waals surface area (Å²) in [6.07, 6.45) is 0. The summed E-state index contributed by atoms with van der Waals surface area (Å²) >= 11 is 13.3. The number of nitrogens with zero attached hydrogens (tertiary/aromatic N) is 5. The van der Waals surface area contributed by atoms with Crippen molar-refractivity contribution in [3.8, 4) is 10.6 Å². The molecule has 0 aliphatic carbocycles. The highest BCUT2D eigenvalue weighted by Crippen LogP contribution is 2.31. The van der Waals surface area contributed by atoms with Gasteiger partial charge in [-0.1, -0.05) is 48.4 Å². The van der Waals surface area contributed by atoms with Crippen molar-refractivity contribution in [1.82, 2.24) is 24.8 Å². The van der Waals surface area contributed by atoms with Crippen molar-refractivity contribution in [2.24, 2.45) is 0 Å². The Morgan fingerprint density at radius 1 is 1.21 bits per heavy atom. The average Bonchev–Trinajstić information content (AvgIpc) is 2.87. The minimum Gasteiger partial charge on any atom is -0.224 e. The van der Waals surface area contributed by atoms with Crippen LogP contribution in [0.5, 0.6) is 0 Å². The molecular formula is C11H9Cl2N5S. The van der Waals surface area contributed by atoms with Crippen molar-refractivity contribution in [2.45, 2.75) is 19.8 Å². The first-order valence-corrected chi connectivity index (χ1v) is 7.18. The fraction of sp³-hybridized carbons (Fsp3) is 0.273. The Morgan fingerprint density at radius 2 is 2.00 bits per heavy atom. The monoisotopic (exact) mass is 313 g/mol. The lowest BCUT2D eigenvalue weighted by Crippen LogP contribution is -1.98. The molecule has 3 aromatic heterocycles. The Labute approximate surface area is 123 Å². The van der Waals surface area contributed by atoms with Crippen molar-refractivity contribution < 1.29 is 0 Å². The molecule has 0 aromatic carbocycles. The lowest BCUT2D eigenvalue weighted by atomic mass is 10.2. The van der Waals surface area contributed by atoms with Crippen molar-refractivity contribution in [2.75, 3.05) is 0 Å². The van der Waals surface area contributed by atoms with Crippen molar-refractivity contribution in [1.29, 1.82) is 0 Å². The fourth-order valence-electron chi connectivity index (χ4n) is 1.67. The first-order valence-electron chi connectivity index (χ1n) is 5.61. The van der Waals surface area contributed by atoms with Crippen LogP contribution in [-0.4, -0.2) is 24.8 Å². The van der Waals surface area contributed by atoms with Crippen LogP contribution in [-0.2, 0) is 0 Å². The summed E-state index contributed by atoms with van der Waals surface area (Å²) in [4.78, 5) is 4.75. The predicted molar refractivity (Wildman–Crippen MR) is 76.0 cm³/mol. The maximum atomic E-state index is 6.09. The Balaban J connectivity index is 2.15. The fourth-order valence-corrected chi connectivity index (χ4v) is 3.04. The maximum Gasteiger partial charge on any atom is 0.234 e. The van der Waals surface area contributed by atoms with Crippen LogP contribution in [0.2, 0.25) is 10.3 Å². The first-order chi connectivity index (χ1) is 9.06. The number of aromatic nitrogens is 5. The SMILES string of the molecule is CC(C)c1nnc2sc(-c3ccc(Cl)nc3Cl)nn12. The Morgan fingerprint density at radius 3 is 2.68 bits per heavy atom. The van der Waals surface area contributed by atoms with Crippen molar-refractivity contribution in [3.05, 3.63) is 28.3 Å². The summed E-state index contributed by atoms with van der Waals surface area (Å²) in [6, 6.07) is 3.49. The highest BCUT2D eigenvalue weighted by Gasteiger charge is 2.17. The van der Waals surface area contributed by atoms with Crippen LogP contribution < -0.4 is 0 Å². The van der Waals surface area contributed by atoms with Crippen LogP contribution >= 0.6 is 34.5 Å². The summed E-state index contributed by atoms with van der Waals surface area (Å²) in [7, 11) is 0. The van der Waals surface area contributed by atoms with Crippen LogP contribution in [0.4, 0.5) is 0 Å². The number of fused-ring (bicyclic) bond motifs is 1. The van der Waals surface area contributed by atoms with Gasteiger partial charge in [-0.2, -0.15) is 9.61 Å². The van der Waals surface area contributed by atoms with E-state index in [0.717, 1.165) is 21.4 Å². The highest BCUT2D eigenvalue weighted by molar-refractivity contribution is 7.19. The van der Waals surface area contributed by atoms with Crippen molar-refractivity contribution >= 4 is 39.5 Å². The van der Waals surface area contributed by atoms with Gasteiger partial charge >= 0.3 is 0 Å². The number of hydrogen-bond acceptors (Lipinski definition) is 5. The van der Waals surface area contributed by atoms with E-state index in [1.807, 2.05) is 13.8 Å². The minimum atomic E-state index is 0.253. The largest absolute Gasteiger partial charge is 0.234 e. The number of pyridine rings is 1. The second kappa shape index (κ2) is 4.70. The standard InChI is InChI=1S/C11H9Cl2N5S/c1-5(2)9-15-16-11-18(9)17-10(19-11)6-3-4-7(12)14-8(6)13/h3-5H,1-2H3. The quantitative estimate of drug-likeness (QED) is 0.677. The Bertz CT molecular complexity index is 749. The topological polar surface area (TPSA) is 56.0 Å². The molecule has 0 radical (unpaired) electrons. The molecule has 0 saturated heterocycles. The van der Waals surface area contributed by atoms with Gasteiger partial charge in [-0.25, -0.2) is 4.98 Å². The van der Waals surface area contributed by atoms with E-state index in [2.05, 4.69) is 20.3 Å². The number of rotatable bonds is 2. The zero-order valence-corrected chi connectivity index (χ0v) is 12.5. The van der Waals surface area contributed by atoms with Crippen LogP contribution in [0.3, 0.4) is 0 Å². The molecule has 0 aliphatic rings. The van der Waals surface area contributed by atoms with E-state index in [0.29, 0.717) is 10.3 Å². The second-order valence-electron chi connectivity index (χ2n) is 4.29. The van der Waals surface area contributed by atoms with E-state index >= 15 is 0 Å². The van der Waals surface area contributed by atoms with Crippen LogP contribution in [0, 0.1) is 0 Å². The van der Waals surface area contributed by atoms with Gasteiger partial charge < -0.3 is 0 Å². The summed E-state index contributed by atoms with van der Waals surface area (Å²) in [5, 5.41) is 14.2. The van der Waals surface area contributed by atoms with E-state index in [-0.39, 0.29) is 5.92 Å². The summed E-state index contributed by atoms with van der Waals surface area (Å²) in [5.74, 6) is 1.08. The van der Waals surface area contributed by atoms with Crippen LogP contribution in [0.15, 0.2) is 12.1 Å². The third-order valence-corrected chi connectivity index (χ3v) is 4.01.